The zero-order valence-electron chi connectivity index (χ0n) is 20.7. The van der Waals surface area contributed by atoms with E-state index in [4.69, 9.17) is 17.5 Å². The van der Waals surface area contributed by atoms with Crippen molar-refractivity contribution in [1.29, 1.82) is 0 Å². The molecule has 0 aliphatic rings. The van der Waals surface area contributed by atoms with E-state index in [9.17, 15) is 9.90 Å². The van der Waals surface area contributed by atoms with Crippen molar-refractivity contribution >= 4 is 16.4 Å². The fourth-order valence-corrected chi connectivity index (χ4v) is 3.01. The van der Waals surface area contributed by atoms with Gasteiger partial charge in [-0.2, -0.15) is 0 Å². The molecule has 0 N–H and O–H groups in total. The number of hydrogen-bond acceptors (Lipinski definition) is 6. The van der Waals surface area contributed by atoms with Gasteiger partial charge < -0.3 is 19.0 Å². The minimum absolute atomic E-state index is 0. The summed E-state index contributed by atoms with van der Waals surface area (Å²) in [6, 6.07) is 0. The average molecular weight is 489 g/mol. The second-order valence-electron chi connectivity index (χ2n) is 7.23. The Morgan fingerprint density at radius 2 is 1.10 bits per heavy atom. The van der Waals surface area contributed by atoms with Crippen LogP contribution >= 0.6 is 0 Å². The van der Waals surface area contributed by atoms with E-state index in [0.29, 0.717) is 0 Å². The Labute approximate surface area is 257 Å². The Morgan fingerprint density at radius 1 is 0.710 bits per heavy atom. The maximum atomic E-state index is 10.9. The van der Waals surface area contributed by atoms with E-state index in [0.717, 1.165) is 32.1 Å². The number of rotatable bonds is 17. The van der Waals surface area contributed by atoms with Gasteiger partial charge in [0.1, 0.15) is 0 Å². The number of carbonyl (C=O) groups is 1. The quantitative estimate of drug-likeness (QED) is 0.0669. The summed E-state index contributed by atoms with van der Waals surface area (Å²) in [6.45, 7) is 4.29. The van der Waals surface area contributed by atoms with Crippen molar-refractivity contribution in [3.8, 4) is 0 Å². The van der Waals surface area contributed by atoms with E-state index in [1.807, 2.05) is 6.92 Å². The average Bonchev–Trinajstić information content (AvgIpc) is 2.59. The largest absolute Gasteiger partial charge is 1.00 e. The Balaban J connectivity index is -0.000000252. The van der Waals surface area contributed by atoms with Gasteiger partial charge in [0.15, 0.2) is 0 Å². The van der Waals surface area contributed by atoms with Gasteiger partial charge in [-0.25, -0.2) is 0 Å². The third kappa shape index (κ3) is 46.1. The molecule has 0 rings (SSSR count). The van der Waals surface area contributed by atoms with Gasteiger partial charge in [0.05, 0.1) is 0 Å². The predicted octanol–water partition coefficient (Wildman–Crippen LogP) is -4.53. The fourth-order valence-electron chi connectivity index (χ4n) is 3.01. The Bertz CT molecular complexity index is 480. The molecule has 0 spiro atoms. The van der Waals surface area contributed by atoms with Gasteiger partial charge in [0.25, 0.3) is 0 Å². The van der Waals surface area contributed by atoms with E-state index in [-0.39, 0.29) is 94.6 Å². The van der Waals surface area contributed by atoms with Crippen molar-refractivity contribution in [3.05, 3.63) is 12.2 Å². The normalized spacial score (nSPS) is 11.4. The van der Waals surface area contributed by atoms with Crippen LogP contribution in [0.15, 0.2) is 12.2 Å². The molecule has 0 aliphatic heterocycles. The predicted molar refractivity (Wildman–Crippen MR) is 109 cm³/mol. The number of carbonyl (C=O) groups excluding carboxylic acids is 1. The van der Waals surface area contributed by atoms with Gasteiger partial charge in [-0.05, 0) is 44.4 Å². The number of unbranched alkanes of at least 4 members (excludes halogenated alkanes) is 10. The molecule has 0 radical (unpaired) electrons. The molecule has 0 aromatic carbocycles. The smallest absolute Gasteiger partial charge is 0.759 e. The van der Waals surface area contributed by atoms with Crippen LogP contribution in [0, 0.1) is 5.92 Å². The number of aliphatic carboxylic acids is 1. The molecule has 0 saturated carbocycles. The van der Waals surface area contributed by atoms with Crippen LogP contribution in [0.3, 0.4) is 0 Å². The van der Waals surface area contributed by atoms with E-state index >= 15 is 0 Å². The van der Waals surface area contributed by atoms with Crippen molar-refractivity contribution in [3.63, 3.8) is 0 Å². The summed E-state index contributed by atoms with van der Waals surface area (Å²) in [5.74, 6) is -1.08. The molecule has 0 fully saturated rings. The molecule has 1 atom stereocenters. The Morgan fingerprint density at radius 3 is 1.48 bits per heavy atom. The Kier molecular flexibility index (Phi) is 44.7. The second kappa shape index (κ2) is 32.1. The maximum absolute atomic E-state index is 10.9. The van der Waals surface area contributed by atoms with Crippen LogP contribution < -0.4 is 93.8 Å². The molecule has 0 aliphatic carbocycles. The fraction of sp³-hybridized carbons (Fsp3) is 0.857. The molecule has 168 valence electrons. The monoisotopic (exact) mass is 488 g/mol. The van der Waals surface area contributed by atoms with Crippen molar-refractivity contribution < 1.29 is 116 Å². The van der Waals surface area contributed by atoms with E-state index in [1.54, 1.807) is 0 Å². The first-order valence-corrected chi connectivity index (χ1v) is 12.1. The Hall–Kier alpha value is 2.08. The molecule has 10 heteroatoms. The molecular weight excluding hydrogens is 449 g/mol. The number of hydrogen-bond donors (Lipinski definition) is 0. The number of carboxylic acids is 1. The van der Waals surface area contributed by atoms with Gasteiger partial charge in [-0.15, -0.1) is 0 Å². The van der Waals surface area contributed by atoms with Crippen LogP contribution in [0.2, 0.25) is 0 Å². The summed E-state index contributed by atoms with van der Waals surface area (Å²) < 4.78 is 34.1. The van der Waals surface area contributed by atoms with Crippen molar-refractivity contribution in [2.45, 2.75) is 110 Å². The molecular formula is C21H39Na3O6S. The summed E-state index contributed by atoms with van der Waals surface area (Å²) in [5.41, 5.74) is 0. The zero-order chi connectivity index (χ0) is 21.7. The SMILES string of the molecule is CCCCCCCC/C=C\CCCCCCC(CCC)C(=O)[O-].O=S(=O)([O-])[O-].[Na+].[Na+].[Na+]. The molecule has 1 unspecified atom stereocenters. The van der Waals surface area contributed by atoms with Gasteiger partial charge in [-0.1, -0.05) is 83.8 Å². The summed E-state index contributed by atoms with van der Waals surface area (Å²) in [7, 11) is -5.17. The summed E-state index contributed by atoms with van der Waals surface area (Å²) >= 11 is 0. The maximum Gasteiger partial charge on any atom is 1.00 e. The van der Waals surface area contributed by atoms with Crippen LogP contribution in [0.1, 0.15) is 110 Å². The van der Waals surface area contributed by atoms with E-state index in [2.05, 4.69) is 19.1 Å². The summed E-state index contributed by atoms with van der Waals surface area (Å²) in [6.07, 6.45) is 22.4. The minimum atomic E-state index is -5.17. The van der Waals surface area contributed by atoms with Gasteiger partial charge in [-0.3, -0.25) is 8.42 Å². The van der Waals surface area contributed by atoms with Gasteiger partial charge in [0.2, 0.25) is 0 Å². The first-order valence-electron chi connectivity index (χ1n) is 10.7. The molecule has 0 aromatic rings. The first kappa shape index (κ1) is 43.2. The van der Waals surface area contributed by atoms with Crippen molar-refractivity contribution in [2.75, 3.05) is 0 Å². The van der Waals surface area contributed by atoms with Crippen LogP contribution in [-0.4, -0.2) is 23.5 Å². The van der Waals surface area contributed by atoms with Crippen LogP contribution in [-0.2, 0) is 15.2 Å². The molecule has 0 saturated heterocycles. The van der Waals surface area contributed by atoms with Crippen LogP contribution in [0.4, 0.5) is 0 Å². The number of carboxylic acid groups (broad SMARTS) is 1. The molecule has 0 aromatic heterocycles. The van der Waals surface area contributed by atoms with Gasteiger partial charge >= 0.3 is 88.7 Å². The molecule has 0 amide bonds. The van der Waals surface area contributed by atoms with Crippen molar-refractivity contribution in [2.24, 2.45) is 5.92 Å². The number of allylic oxidation sites excluding steroid dienone is 2. The molecule has 0 bridgehead atoms. The molecule has 31 heavy (non-hydrogen) atoms. The standard InChI is InChI=1S/C21H40O2.3Na.H2O4S/c1-3-5-6-7-8-9-10-11-12-13-14-15-16-17-19-20(18-4-2)21(22)23;;;;1-5(2,3)4/h11-12,20H,3-10,13-19H2,1-2H3,(H,22,23);;;;(H2,1,2,3,4)/q;3*+1;/p-3/b12-11-;;;;. The van der Waals surface area contributed by atoms with E-state index < -0.39 is 16.4 Å². The van der Waals surface area contributed by atoms with Crippen LogP contribution in [0.25, 0.3) is 0 Å². The first-order chi connectivity index (χ1) is 13.2. The molecule has 0 heterocycles. The van der Waals surface area contributed by atoms with Crippen molar-refractivity contribution in [1.82, 2.24) is 0 Å². The third-order valence-electron chi connectivity index (χ3n) is 4.53. The zero-order valence-corrected chi connectivity index (χ0v) is 27.5. The topological polar surface area (TPSA) is 120 Å². The van der Waals surface area contributed by atoms with Gasteiger partial charge in [0, 0.05) is 16.4 Å². The van der Waals surface area contributed by atoms with E-state index in [1.165, 1.54) is 64.2 Å². The minimum Gasteiger partial charge on any atom is -0.759 e. The van der Waals surface area contributed by atoms with Crippen LogP contribution in [0.5, 0.6) is 0 Å². The molecule has 6 nitrogen and oxygen atoms in total. The second-order valence-corrected chi connectivity index (χ2v) is 8.05. The summed E-state index contributed by atoms with van der Waals surface area (Å²) in [5, 5.41) is 10.9. The summed E-state index contributed by atoms with van der Waals surface area (Å²) in [4.78, 5) is 10.9. The third-order valence-corrected chi connectivity index (χ3v) is 4.53.